The lowest BCUT2D eigenvalue weighted by Gasteiger charge is -2.21. The Kier molecular flexibility index (Phi) is 4.53. The summed E-state index contributed by atoms with van der Waals surface area (Å²) < 4.78 is 5.59. The monoisotopic (exact) mass is 284 g/mol. The van der Waals surface area contributed by atoms with Crippen molar-refractivity contribution < 1.29 is 4.74 Å². The van der Waals surface area contributed by atoms with Crippen molar-refractivity contribution in [3.63, 3.8) is 0 Å². The van der Waals surface area contributed by atoms with Crippen LogP contribution in [0, 0.1) is 13.8 Å². The van der Waals surface area contributed by atoms with E-state index in [9.17, 15) is 0 Å². The van der Waals surface area contributed by atoms with Gasteiger partial charge in [-0.25, -0.2) is 0 Å². The third kappa shape index (κ3) is 3.03. The molecule has 0 aliphatic rings. The Balaban J connectivity index is 2.47. The molecule has 2 N–H and O–H groups in total. The number of rotatable bonds is 4. The number of anilines is 1. The van der Waals surface area contributed by atoms with Gasteiger partial charge < -0.3 is 15.4 Å². The minimum absolute atomic E-state index is 0.195. The zero-order valence-electron chi connectivity index (χ0n) is 13.5. The molecule has 0 amide bonds. The van der Waals surface area contributed by atoms with Crippen LogP contribution in [-0.2, 0) is 0 Å². The Bertz CT molecular complexity index is 635. The SMILES string of the molecule is COc1c(C(N)c2cccc(N(C)C)c2)ccc(C)c1C. The summed E-state index contributed by atoms with van der Waals surface area (Å²) in [6.45, 7) is 4.15. The summed E-state index contributed by atoms with van der Waals surface area (Å²) in [7, 11) is 5.76. The smallest absolute Gasteiger partial charge is 0.127 e. The lowest BCUT2D eigenvalue weighted by atomic mass is 9.94. The molecule has 0 bridgehead atoms. The van der Waals surface area contributed by atoms with Gasteiger partial charge in [0.25, 0.3) is 0 Å². The van der Waals surface area contributed by atoms with E-state index in [1.54, 1.807) is 7.11 Å². The Hall–Kier alpha value is -2.00. The second-order valence-electron chi connectivity index (χ2n) is 5.60. The Morgan fingerprint density at radius 1 is 1.10 bits per heavy atom. The molecule has 0 fully saturated rings. The van der Waals surface area contributed by atoms with Gasteiger partial charge in [0, 0.05) is 25.3 Å². The molecule has 2 rings (SSSR count). The first kappa shape index (κ1) is 15.4. The number of hydrogen-bond donors (Lipinski definition) is 1. The first-order chi connectivity index (χ1) is 9.95. The van der Waals surface area contributed by atoms with Crippen molar-refractivity contribution in [3.8, 4) is 5.75 Å². The molecule has 1 unspecified atom stereocenters. The average Bonchev–Trinajstić information content (AvgIpc) is 2.49. The number of nitrogens with two attached hydrogens (primary N) is 1. The predicted octanol–water partition coefficient (Wildman–Crippen LogP) is 3.43. The fourth-order valence-electron chi connectivity index (χ4n) is 2.50. The Morgan fingerprint density at radius 2 is 1.81 bits per heavy atom. The molecule has 0 aromatic heterocycles. The standard InChI is InChI=1S/C18H24N2O/c1-12-9-10-16(18(21-5)13(12)2)17(19)14-7-6-8-15(11-14)20(3)4/h6-11,17H,19H2,1-5H3. The van der Waals surface area contributed by atoms with E-state index in [1.807, 2.05) is 20.2 Å². The number of benzene rings is 2. The third-order valence-electron chi connectivity index (χ3n) is 3.99. The van der Waals surface area contributed by atoms with E-state index in [0.717, 1.165) is 28.1 Å². The molecule has 2 aromatic rings. The van der Waals surface area contributed by atoms with Crippen LogP contribution in [0.1, 0.15) is 28.3 Å². The van der Waals surface area contributed by atoms with E-state index in [2.05, 4.69) is 49.1 Å². The zero-order chi connectivity index (χ0) is 15.6. The molecule has 0 aliphatic carbocycles. The second kappa shape index (κ2) is 6.19. The normalized spacial score (nSPS) is 12.1. The van der Waals surface area contributed by atoms with E-state index in [-0.39, 0.29) is 6.04 Å². The minimum Gasteiger partial charge on any atom is -0.496 e. The number of hydrogen-bond acceptors (Lipinski definition) is 3. The van der Waals surface area contributed by atoms with Gasteiger partial charge in [-0.2, -0.15) is 0 Å². The fourth-order valence-corrected chi connectivity index (χ4v) is 2.50. The highest BCUT2D eigenvalue weighted by Gasteiger charge is 2.17. The molecule has 0 saturated heterocycles. The number of aryl methyl sites for hydroxylation is 1. The molecular weight excluding hydrogens is 260 g/mol. The van der Waals surface area contributed by atoms with Crippen LogP contribution in [0.3, 0.4) is 0 Å². The maximum absolute atomic E-state index is 6.48. The summed E-state index contributed by atoms with van der Waals surface area (Å²) in [5.41, 5.74) is 12.1. The molecule has 0 spiro atoms. The molecule has 0 heterocycles. The van der Waals surface area contributed by atoms with Crippen LogP contribution < -0.4 is 15.4 Å². The summed E-state index contributed by atoms with van der Waals surface area (Å²) in [5, 5.41) is 0. The summed E-state index contributed by atoms with van der Waals surface area (Å²) in [6.07, 6.45) is 0. The molecule has 3 heteroatoms. The lowest BCUT2D eigenvalue weighted by Crippen LogP contribution is -2.15. The molecule has 0 radical (unpaired) electrons. The Morgan fingerprint density at radius 3 is 2.43 bits per heavy atom. The van der Waals surface area contributed by atoms with Gasteiger partial charge in [-0.1, -0.05) is 24.3 Å². The van der Waals surface area contributed by atoms with Crippen molar-refractivity contribution in [3.05, 3.63) is 58.7 Å². The van der Waals surface area contributed by atoms with Crippen LogP contribution in [0.25, 0.3) is 0 Å². The summed E-state index contributed by atoms with van der Waals surface area (Å²) in [5.74, 6) is 0.887. The van der Waals surface area contributed by atoms with E-state index in [0.29, 0.717) is 0 Å². The van der Waals surface area contributed by atoms with E-state index < -0.39 is 0 Å². The van der Waals surface area contributed by atoms with Crippen LogP contribution in [-0.4, -0.2) is 21.2 Å². The summed E-state index contributed by atoms with van der Waals surface area (Å²) in [4.78, 5) is 2.08. The molecular formula is C18H24N2O. The van der Waals surface area contributed by atoms with Gasteiger partial charge in [-0.3, -0.25) is 0 Å². The lowest BCUT2D eigenvalue weighted by molar-refractivity contribution is 0.404. The van der Waals surface area contributed by atoms with Gasteiger partial charge in [-0.05, 0) is 42.7 Å². The zero-order valence-corrected chi connectivity index (χ0v) is 13.5. The van der Waals surface area contributed by atoms with Gasteiger partial charge in [0.1, 0.15) is 5.75 Å². The van der Waals surface area contributed by atoms with Crippen LogP contribution in [0.2, 0.25) is 0 Å². The van der Waals surface area contributed by atoms with Gasteiger partial charge in [0.05, 0.1) is 13.2 Å². The number of methoxy groups -OCH3 is 1. The van der Waals surface area contributed by atoms with E-state index >= 15 is 0 Å². The van der Waals surface area contributed by atoms with Gasteiger partial charge in [0.2, 0.25) is 0 Å². The van der Waals surface area contributed by atoms with Crippen LogP contribution >= 0.6 is 0 Å². The predicted molar refractivity (Wildman–Crippen MR) is 89.3 cm³/mol. The maximum atomic E-state index is 6.48. The van der Waals surface area contributed by atoms with Gasteiger partial charge >= 0.3 is 0 Å². The van der Waals surface area contributed by atoms with Gasteiger partial charge in [0.15, 0.2) is 0 Å². The minimum atomic E-state index is -0.195. The van der Waals surface area contributed by atoms with Crippen molar-refractivity contribution in [2.75, 3.05) is 26.1 Å². The van der Waals surface area contributed by atoms with Crippen molar-refractivity contribution in [1.29, 1.82) is 0 Å². The highest BCUT2D eigenvalue weighted by atomic mass is 16.5. The molecule has 112 valence electrons. The van der Waals surface area contributed by atoms with Crippen LogP contribution in [0.15, 0.2) is 36.4 Å². The summed E-state index contributed by atoms with van der Waals surface area (Å²) >= 11 is 0. The van der Waals surface area contributed by atoms with Crippen LogP contribution in [0.5, 0.6) is 5.75 Å². The highest BCUT2D eigenvalue weighted by molar-refractivity contribution is 5.53. The van der Waals surface area contributed by atoms with Crippen molar-refractivity contribution >= 4 is 5.69 Å². The first-order valence-corrected chi connectivity index (χ1v) is 7.12. The molecule has 2 aromatic carbocycles. The second-order valence-corrected chi connectivity index (χ2v) is 5.60. The number of nitrogens with zero attached hydrogens (tertiary/aromatic N) is 1. The summed E-state index contributed by atoms with van der Waals surface area (Å²) in [6, 6.07) is 12.3. The molecule has 0 aliphatic heterocycles. The molecule has 3 nitrogen and oxygen atoms in total. The largest absolute Gasteiger partial charge is 0.496 e. The van der Waals surface area contributed by atoms with E-state index in [1.165, 1.54) is 5.56 Å². The van der Waals surface area contributed by atoms with Crippen molar-refractivity contribution in [2.24, 2.45) is 5.73 Å². The third-order valence-corrected chi connectivity index (χ3v) is 3.99. The van der Waals surface area contributed by atoms with E-state index in [4.69, 9.17) is 10.5 Å². The van der Waals surface area contributed by atoms with Crippen molar-refractivity contribution in [2.45, 2.75) is 19.9 Å². The molecule has 21 heavy (non-hydrogen) atoms. The topological polar surface area (TPSA) is 38.5 Å². The quantitative estimate of drug-likeness (QED) is 0.935. The Labute approximate surface area is 127 Å². The van der Waals surface area contributed by atoms with Gasteiger partial charge in [-0.15, -0.1) is 0 Å². The van der Waals surface area contributed by atoms with Crippen LogP contribution in [0.4, 0.5) is 5.69 Å². The first-order valence-electron chi connectivity index (χ1n) is 7.12. The fraction of sp³-hybridized carbons (Fsp3) is 0.333. The maximum Gasteiger partial charge on any atom is 0.127 e. The highest BCUT2D eigenvalue weighted by Crippen LogP contribution is 2.33. The molecule has 0 saturated carbocycles. The molecule has 1 atom stereocenters. The average molecular weight is 284 g/mol. The van der Waals surface area contributed by atoms with Crippen molar-refractivity contribution in [1.82, 2.24) is 0 Å². The number of ether oxygens (including phenoxy) is 1.